The van der Waals surface area contributed by atoms with Crippen LogP contribution in [0, 0.1) is 5.92 Å². The Hall–Kier alpha value is -2.04. The molecule has 1 aromatic carbocycles. The zero-order chi connectivity index (χ0) is 15.0. The molecule has 0 saturated heterocycles. The van der Waals surface area contributed by atoms with E-state index < -0.39 is 0 Å². The van der Waals surface area contributed by atoms with E-state index in [2.05, 4.69) is 17.4 Å². The summed E-state index contributed by atoms with van der Waals surface area (Å²) < 4.78 is 0. The van der Waals surface area contributed by atoms with Gasteiger partial charge in [-0.1, -0.05) is 44.0 Å². The van der Waals surface area contributed by atoms with Gasteiger partial charge in [-0.25, -0.2) is 0 Å². The number of oxime groups is 1. The lowest BCUT2D eigenvalue weighted by Crippen LogP contribution is -2.22. The standard InChI is InChI=1S/C15H23N3O2/c1-3-5-7-11(4-2)15(19)17-13-9-6-8-12(10-13)14(16)18-20/h6,8-11,20H,3-5,7H2,1-2H3,(H2,16,18)(H,17,19). The smallest absolute Gasteiger partial charge is 0.227 e. The molecule has 0 bridgehead atoms. The number of amides is 1. The lowest BCUT2D eigenvalue weighted by Gasteiger charge is -2.15. The fourth-order valence-electron chi connectivity index (χ4n) is 2.03. The van der Waals surface area contributed by atoms with Gasteiger partial charge in [0, 0.05) is 17.2 Å². The van der Waals surface area contributed by atoms with Gasteiger partial charge in [-0.05, 0) is 25.0 Å². The van der Waals surface area contributed by atoms with Crippen molar-refractivity contribution in [2.45, 2.75) is 39.5 Å². The summed E-state index contributed by atoms with van der Waals surface area (Å²) in [6.45, 7) is 4.14. The molecule has 0 fully saturated rings. The summed E-state index contributed by atoms with van der Waals surface area (Å²) in [5, 5.41) is 14.5. The summed E-state index contributed by atoms with van der Waals surface area (Å²) in [6, 6.07) is 6.97. The number of nitrogens with zero attached hydrogens (tertiary/aromatic N) is 1. The minimum atomic E-state index is 0.0256. The topological polar surface area (TPSA) is 87.7 Å². The Morgan fingerprint density at radius 3 is 2.80 bits per heavy atom. The van der Waals surface area contributed by atoms with Crippen LogP contribution in [0.3, 0.4) is 0 Å². The number of carbonyl (C=O) groups excluding carboxylic acids is 1. The normalized spacial score (nSPS) is 13.0. The molecule has 0 aliphatic carbocycles. The summed E-state index contributed by atoms with van der Waals surface area (Å²) in [5.74, 6) is 0.0826. The van der Waals surface area contributed by atoms with Crippen molar-refractivity contribution in [1.82, 2.24) is 0 Å². The van der Waals surface area contributed by atoms with Crippen LogP contribution in [-0.2, 0) is 4.79 Å². The second-order valence-corrected chi connectivity index (χ2v) is 4.80. The first kappa shape index (κ1) is 16.0. The van der Waals surface area contributed by atoms with Crippen molar-refractivity contribution in [1.29, 1.82) is 0 Å². The van der Waals surface area contributed by atoms with Gasteiger partial charge in [0.1, 0.15) is 0 Å². The fraction of sp³-hybridized carbons (Fsp3) is 0.467. The molecule has 1 atom stereocenters. The monoisotopic (exact) mass is 277 g/mol. The van der Waals surface area contributed by atoms with Crippen molar-refractivity contribution in [2.24, 2.45) is 16.8 Å². The first-order valence-electron chi connectivity index (χ1n) is 7.01. The van der Waals surface area contributed by atoms with Crippen molar-refractivity contribution in [3.63, 3.8) is 0 Å². The van der Waals surface area contributed by atoms with Crippen molar-refractivity contribution in [2.75, 3.05) is 5.32 Å². The highest BCUT2D eigenvalue weighted by atomic mass is 16.4. The largest absolute Gasteiger partial charge is 0.409 e. The number of unbranched alkanes of at least 4 members (excludes halogenated alkanes) is 1. The summed E-state index contributed by atoms with van der Waals surface area (Å²) >= 11 is 0. The Kier molecular flexibility index (Phi) is 6.56. The number of hydrogen-bond donors (Lipinski definition) is 3. The van der Waals surface area contributed by atoms with Gasteiger partial charge in [0.05, 0.1) is 0 Å². The van der Waals surface area contributed by atoms with E-state index in [1.54, 1.807) is 24.3 Å². The molecule has 20 heavy (non-hydrogen) atoms. The maximum Gasteiger partial charge on any atom is 0.227 e. The third kappa shape index (κ3) is 4.57. The average Bonchev–Trinajstić information content (AvgIpc) is 2.47. The first-order valence-corrected chi connectivity index (χ1v) is 7.01. The van der Waals surface area contributed by atoms with E-state index in [1.165, 1.54) is 0 Å². The van der Waals surface area contributed by atoms with Crippen molar-refractivity contribution in [3.05, 3.63) is 29.8 Å². The molecule has 0 heterocycles. The van der Waals surface area contributed by atoms with E-state index in [4.69, 9.17) is 10.9 Å². The number of nitrogens with one attached hydrogen (secondary N) is 1. The molecule has 0 aliphatic rings. The van der Waals surface area contributed by atoms with Gasteiger partial charge in [0.15, 0.2) is 5.84 Å². The van der Waals surface area contributed by atoms with Crippen molar-refractivity contribution < 1.29 is 10.0 Å². The molecule has 0 radical (unpaired) electrons. The summed E-state index contributed by atoms with van der Waals surface area (Å²) in [4.78, 5) is 12.2. The second kappa shape index (κ2) is 8.19. The molecule has 5 nitrogen and oxygen atoms in total. The first-order chi connectivity index (χ1) is 9.62. The van der Waals surface area contributed by atoms with Gasteiger partial charge >= 0.3 is 0 Å². The van der Waals surface area contributed by atoms with E-state index in [9.17, 15) is 4.79 Å². The van der Waals surface area contributed by atoms with Crippen LogP contribution >= 0.6 is 0 Å². The molecule has 5 heteroatoms. The highest BCUT2D eigenvalue weighted by Gasteiger charge is 2.16. The van der Waals surface area contributed by atoms with Crippen LogP contribution in [0.2, 0.25) is 0 Å². The molecule has 0 aliphatic heterocycles. The Morgan fingerprint density at radius 2 is 2.20 bits per heavy atom. The van der Waals surface area contributed by atoms with Crippen LogP contribution in [0.1, 0.15) is 45.1 Å². The Morgan fingerprint density at radius 1 is 1.45 bits per heavy atom. The van der Waals surface area contributed by atoms with Crippen LogP contribution in [0.4, 0.5) is 5.69 Å². The van der Waals surface area contributed by atoms with Crippen molar-refractivity contribution >= 4 is 17.4 Å². The van der Waals surface area contributed by atoms with Crippen LogP contribution in [-0.4, -0.2) is 17.0 Å². The Bertz CT molecular complexity index is 472. The number of benzene rings is 1. The van der Waals surface area contributed by atoms with Gasteiger partial charge in [-0.3, -0.25) is 4.79 Å². The number of amidine groups is 1. The highest BCUT2D eigenvalue weighted by molar-refractivity contribution is 5.99. The van der Waals surface area contributed by atoms with Gasteiger partial charge in [-0.2, -0.15) is 0 Å². The Labute approximate surface area is 119 Å². The number of hydrogen-bond acceptors (Lipinski definition) is 3. The molecule has 0 spiro atoms. The van der Waals surface area contributed by atoms with E-state index >= 15 is 0 Å². The van der Waals surface area contributed by atoms with Crippen LogP contribution < -0.4 is 11.1 Å². The highest BCUT2D eigenvalue weighted by Crippen LogP contribution is 2.17. The molecule has 1 unspecified atom stereocenters. The number of rotatable bonds is 7. The van der Waals surface area contributed by atoms with Gasteiger partial charge in [-0.15, -0.1) is 0 Å². The average molecular weight is 277 g/mol. The lowest BCUT2D eigenvalue weighted by molar-refractivity contribution is -0.120. The van der Waals surface area contributed by atoms with E-state index in [1.807, 2.05) is 6.92 Å². The minimum absolute atomic E-state index is 0.0256. The Balaban J connectivity index is 2.74. The number of nitrogens with two attached hydrogens (primary N) is 1. The minimum Gasteiger partial charge on any atom is -0.409 e. The van der Waals surface area contributed by atoms with Crippen molar-refractivity contribution in [3.8, 4) is 0 Å². The third-order valence-electron chi connectivity index (χ3n) is 3.30. The maximum absolute atomic E-state index is 12.2. The zero-order valence-electron chi connectivity index (χ0n) is 12.1. The molecule has 0 saturated carbocycles. The van der Waals surface area contributed by atoms with Crippen LogP contribution in [0.5, 0.6) is 0 Å². The summed E-state index contributed by atoms with van der Waals surface area (Å²) in [5.41, 5.74) is 6.77. The van der Waals surface area contributed by atoms with E-state index in [0.29, 0.717) is 11.3 Å². The second-order valence-electron chi connectivity index (χ2n) is 4.80. The molecule has 1 amide bonds. The molecule has 1 aromatic rings. The molecular weight excluding hydrogens is 254 g/mol. The molecule has 0 aromatic heterocycles. The fourth-order valence-corrected chi connectivity index (χ4v) is 2.03. The van der Waals surface area contributed by atoms with Gasteiger partial charge in [0.2, 0.25) is 5.91 Å². The zero-order valence-corrected chi connectivity index (χ0v) is 12.1. The predicted octanol–water partition coefficient (Wildman–Crippen LogP) is 2.94. The third-order valence-corrected chi connectivity index (χ3v) is 3.30. The number of carbonyl (C=O) groups is 1. The van der Waals surface area contributed by atoms with Crippen LogP contribution in [0.15, 0.2) is 29.4 Å². The quantitative estimate of drug-likeness (QED) is 0.310. The van der Waals surface area contributed by atoms with E-state index in [0.717, 1.165) is 25.7 Å². The SMILES string of the molecule is CCCCC(CC)C(=O)Nc1cccc(/C(N)=N/O)c1. The molecular formula is C15H23N3O2. The van der Waals surface area contributed by atoms with E-state index in [-0.39, 0.29) is 17.7 Å². The lowest BCUT2D eigenvalue weighted by atomic mass is 9.98. The summed E-state index contributed by atoms with van der Waals surface area (Å²) in [6.07, 6.45) is 3.86. The predicted molar refractivity (Wildman–Crippen MR) is 80.9 cm³/mol. The summed E-state index contributed by atoms with van der Waals surface area (Å²) in [7, 11) is 0. The molecule has 1 rings (SSSR count). The van der Waals surface area contributed by atoms with Gasteiger partial charge in [0.25, 0.3) is 0 Å². The van der Waals surface area contributed by atoms with Crippen LogP contribution in [0.25, 0.3) is 0 Å². The molecule has 4 N–H and O–H groups in total. The number of anilines is 1. The molecule has 110 valence electrons. The van der Waals surface area contributed by atoms with Gasteiger partial charge < -0.3 is 16.3 Å². The maximum atomic E-state index is 12.2.